The highest BCUT2D eigenvalue weighted by Gasteiger charge is 2.75. The number of hydrogen-bond donors (Lipinski definition) is 2. The molecule has 1 atom stereocenters. The van der Waals surface area contributed by atoms with E-state index < -0.39 is 23.9 Å². The lowest BCUT2D eigenvalue weighted by Gasteiger charge is -2.26. The van der Waals surface area contributed by atoms with Crippen molar-refractivity contribution in [3.8, 4) is 0 Å². The van der Waals surface area contributed by atoms with Crippen LogP contribution in [0.3, 0.4) is 0 Å². The fourth-order valence-corrected chi connectivity index (χ4v) is 0.322. The molecular formula is C4H2F6O3. The van der Waals surface area contributed by atoms with E-state index in [0.717, 1.165) is 0 Å². The Morgan fingerprint density at radius 3 is 1.38 bits per heavy atom. The normalized spacial score (nSPS) is 18.1. The number of halogens is 6. The van der Waals surface area contributed by atoms with Crippen LogP contribution in [0.25, 0.3) is 0 Å². The van der Waals surface area contributed by atoms with E-state index in [1.807, 2.05) is 0 Å². The number of carboxylic acids is 1. The summed E-state index contributed by atoms with van der Waals surface area (Å²) in [6.45, 7) is 0. The van der Waals surface area contributed by atoms with Crippen molar-refractivity contribution in [2.24, 2.45) is 0 Å². The van der Waals surface area contributed by atoms with Crippen LogP contribution < -0.4 is 0 Å². The summed E-state index contributed by atoms with van der Waals surface area (Å²) in [7, 11) is 0. The first kappa shape index (κ1) is 12.0. The molecular weight excluding hydrogens is 210 g/mol. The summed E-state index contributed by atoms with van der Waals surface area (Å²) in [6, 6.07) is 0. The zero-order valence-electron chi connectivity index (χ0n) is 5.57. The van der Waals surface area contributed by atoms with Crippen molar-refractivity contribution in [2.45, 2.75) is 18.0 Å². The smallest absolute Gasteiger partial charge is 0.460 e. The van der Waals surface area contributed by atoms with Crippen molar-refractivity contribution in [3.05, 3.63) is 0 Å². The summed E-state index contributed by atoms with van der Waals surface area (Å²) >= 11 is 0. The zero-order chi connectivity index (χ0) is 11.1. The lowest BCUT2D eigenvalue weighted by Crippen LogP contribution is -2.58. The van der Waals surface area contributed by atoms with Gasteiger partial charge in [-0.25, -0.2) is 4.79 Å². The standard InChI is InChI=1S/C4H2F6O3/c5-2(13,1(11)12)3(6,7)4(8,9)10/h13H,(H,11,12). The highest BCUT2D eigenvalue weighted by Crippen LogP contribution is 2.44. The van der Waals surface area contributed by atoms with E-state index >= 15 is 0 Å². The second-order valence-corrected chi connectivity index (χ2v) is 2.00. The Hall–Kier alpha value is -0.990. The van der Waals surface area contributed by atoms with Crippen molar-refractivity contribution in [3.63, 3.8) is 0 Å². The van der Waals surface area contributed by atoms with Crippen molar-refractivity contribution in [1.82, 2.24) is 0 Å². The first-order valence-electron chi connectivity index (χ1n) is 2.54. The Kier molecular flexibility index (Phi) is 2.55. The number of rotatable bonds is 2. The SMILES string of the molecule is O=C(O)C(O)(F)C(F)(F)C(F)(F)F. The molecule has 13 heavy (non-hydrogen) atoms. The molecule has 0 bridgehead atoms. The van der Waals surface area contributed by atoms with Crippen molar-refractivity contribution in [1.29, 1.82) is 0 Å². The van der Waals surface area contributed by atoms with E-state index in [9.17, 15) is 31.1 Å². The number of aliphatic carboxylic acids is 1. The largest absolute Gasteiger partial charge is 0.477 e. The fourth-order valence-electron chi connectivity index (χ4n) is 0.322. The van der Waals surface area contributed by atoms with Gasteiger partial charge in [0.1, 0.15) is 0 Å². The summed E-state index contributed by atoms with van der Waals surface area (Å²) in [6.07, 6.45) is -6.48. The van der Waals surface area contributed by atoms with Gasteiger partial charge in [-0.05, 0) is 0 Å². The van der Waals surface area contributed by atoms with Gasteiger partial charge in [0.2, 0.25) is 0 Å². The quantitative estimate of drug-likeness (QED) is 0.669. The van der Waals surface area contributed by atoms with Gasteiger partial charge in [-0.2, -0.15) is 26.3 Å². The molecule has 0 aromatic heterocycles. The van der Waals surface area contributed by atoms with Gasteiger partial charge in [0, 0.05) is 0 Å². The van der Waals surface area contributed by atoms with Gasteiger partial charge in [-0.3, -0.25) is 0 Å². The molecule has 0 aliphatic rings. The predicted octanol–water partition coefficient (Wildman–Crippen LogP) is 0.927. The number of aliphatic hydroxyl groups is 1. The number of hydrogen-bond acceptors (Lipinski definition) is 2. The first-order valence-corrected chi connectivity index (χ1v) is 2.54. The molecule has 3 nitrogen and oxygen atoms in total. The molecule has 78 valence electrons. The number of carboxylic acid groups (broad SMARTS) is 1. The molecule has 2 N–H and O–H groups in total. The van der Waals surface area contributed by atoms with E-state index in [1.165, 1.54) is 0 Å². The second-order valence-electron chi connectivity index (χ2n) is 2.00. The van der Waals surface area contributed by atoms with Crippen LogP contribution >= 0.6 is 0 Å². The molecule has 9 heteroatoms. The number of carbonyl (C=O) groups is 1. The van der Waals surface area contributed by atoms with Gasteiger partial charge < -0.3 is 10.2 Å². The third kappa shape index (κ3) is 1.69. The predicted molar refractivity (Wildman–Crippen MR) is 24.7 cm³/mol. The molecule has 0 saturated heterocycles. The lowest BCUT2D eigenvalue weighted by molar-refractivity contribution is -0.364. The Morgan fingerprint density at radius 2 is 1.31 bits per heavy atom. The van der Waals surface area contributed by atoms with Crippen molar-refractivity contribution in [2.75, 3.05) is 0 Å². The molecule has 0 radical (unpaired) electrons. The summed E-state index contributed by atoms with van der Waals surface area (Å²) in [5.74, 6) is -15.3. The van der Waals surface area contributed by atoms with Gasteiger partial charge >= 0.3 is 23.9 Å². The van der Waals surface area contributed by atoms with Crippen molar-refractivity contribution < 1.29 is 41.4 Å². The van der Waals surface area contributed by atoms with Gasteiger partial charge in [-0.1, -0.05) is 0 Å². The van der Waals surface area contributed by atoms with Gasteiger partial charge in [0.05, 0.1) is 0 Å². The molecule has 0 aromatic carbocycles. The van der Waals surface area contributed by atoms with Gasteiger partial charge in [0.25, 0.3) is 0 Å². The second kappa shape index (κ2) is 2.76. The summed E-state index contributed by atoms with van der Waals surface area (Å²) in [5.41, 5.74) is 0. The third-order valence-electron chi connectivity index (χ3n) is 1.06. The molecule has 0 fully saturated rings. The topological polar surface area (TPSA) is 57.5 Å². The van der Waals surface area contributed by atoms with Crippen LogP contribution in [0.1, 0.15) is 0 Å². The summed E-state index contributed by atoms with van der Waals surface area (Å²) < 4.78 is 69.5. The van der Waals surface area contributed by atoms with E-state index in [2.05, 4.69) is 0 Å². The molecule has 0 heterocycles. The Morgan fingerprint density at radius 1 is 1.00 bits per heavy atom. The van der Waals surface area contributed by atoms with Crippen LogP contribution in [-0.4, -0.2) is 34.1 Å². The maximum Gasteiger partial charge on any atom is 0.460 e. The molecule has 0 rings (SSSR count). The zero-order valence-corrected chi connectivity index (χ0v) is 5.57. The molecule has 1 unspecified atom stereocenters. The average molecular weight is 212 g/mol. The van der Waals surface area contributed by atoms with Crippen LogP contribution in [-0.2, 0) is 4.79 Å². The molecule has 0 aromatic rings. The van der Waals surface area contributed by atoms with Crippen molar-refractivity contribution >= 4 is 5.97 Å². The Bertz CT molecular complexity index is 218. The molecule has 0 aliphatic carbocycles. The first-order chi connectivity index (χ1) is 5.44. The highest BCUT2D eigenvalue weighted by atomic mass is 19.4. The maximum atomic E-state index is 12.0. The molecule has 0 saturated carbocycles. The minimum atomic E-state index is -6.48. The van der Waals surface area contributed by atoms with Crippen LogP contribution in [0, 0.1) is 0 Å². The van der Waals surface area contributed by atoms with E-state index in [1.54, 1.807) is 0 Å². The number of alkyl halides is 6. The monoisotopic (exact) mass is 212 g/mol. The van der Waals surface area contributed by atoms with E-state index in [-0.39, 0.29) is 0 Å². The summed E-state index contributed by atoms with van der Waals surface area (Å²) in [4.78, 5) is 9.51. The third-order valence-corrected chi connectivity index (χ3v) is 1.06. The van der Waals surface area contributed by atoms with Gasteiger partial charge in [-0.15, -0.1) is 0 Å². The average Bonchev–Trinajstić information content (AvgIpc) is 1.84. The minimum Gasteiger partial charge on any atom is -0.477 e. The molecule has 0 spiro atoms. The van der Waals surface area contributed by atoms with E-state index in [4.69, 9.17) is 10.2 Å². The maximum absolute atomic E-state index is 12.0. The summed E-state index contributed by atoms with van der Waals surface area (Å²) in [5, 5.41) is 15.3. The molecule has 0 amide bonds. The Balaban J connectivity index is 5.16. The fraction of sp³-hybridized carbons (Fsp3) is 0.750. The minimum absolute atomic E-state index is 3.31. The molecule has 0 aliphatic heterocycles. The Labute approximate surface area is 66.6 Å². The lowest BCUT2D eigenvalue weighted by atomic mass is 10.1. The van der Waals surface area contributed by atoms with Crippen LogP contribution in [0.4, 0.5) is 26.3 Å². The van der Waals surface area contributed by atoms with Crippen LogP contribution in [0.15, 0.2) is 0 Å². The highest BCUT2D eigenvalue weighted by molar-refractivity contribution is 5.76. The van der Waals surface area contributed by atoms with E-state index in [0.29, 0.717) is 0 Å². The van der Waals surface area contributed by atoms with Crippen LogP contribution in [0.5, 0.6) is 0 Å². The van der Waals surface area contributed by atoms with Gasteiger partial charge in [0.15, 0.2) is 0 Å². The van der Waals surface area contributed by atoms with Crippen LogP contribution in [0.2, 0.25) is 0 Å².